The first-order valence-corrected chi connectivity index (χ1v) is 9.38. The summed E-state index contributed by atoms with van der Waals surface area (Å²) in [7, 11) is 0. The van der Waals surface area contributed by atoms with Gasteiger partial charge in [0.05, 0.1) is 5.39 Å². The number of hydrogen-bond donors (Lipinski definition) is 1. The minimum Gasteiger partial charge on any atom is -0.324 e. The first kappa shape index (κ1) is 17.4. The molecular weight excluding hydrogens is 362 g/mol. The zero-order valence-electron chi connectivity index (χ0n) is 15.5. The Bertz CT molecular complexity index is 1260. The Labute approximate surface area is 159 Å². The number of aryl methyl sites for hydroxylation is 4. The fraction of sp³-hybridized carbons (Fsp3) is 0.263. The number of carbonyl (C=O) groups excluding carboxylic acids is 1. The molecule has 0 aliphatic carbocycles. The second-order valence-electron chi connectivity index (χ2n) is 6.71. The van der Waals surface area contributed by atoms with Crippen molar-refractivity contribution in [1.29, 1.82) is 0 Å². The lowest BCUT2D eigenvalue weighted by Gasteiger charge is -2.08. The number of fused-ring (bicyclic) bond motifs is 3. The Kier molecular flexibility index (Phi) is 4.07. The normalized spacial score (nSPS) is 11.4. The van der Waals surface area contributed by atoms with Crippen LogP contribution in [-0.4, -0.2) is 25.1 Å². The Morgan fingerprint density at radius 1 is 1.22 bits per heavy atom. The molecule has 1 amide bonds. The zero-order valence-corrected chi connectivity index (χ0v) is 16.3. The first-order chi connectivity index (χ1) is 12.8. The third kappa shape index (κ3) is 2.91. The van der Waals surface area contributed by atoms with Gasteiger partial charge >= 0.3 is 5.69 Å². The molecule has 1 N–H and O–H groups in total. The van der Waals surface area contributed by atoms with Gasteiger partial charge < -0.3 is 5.32 Å². The van der Waals surface area contributed by atoms with E-state index in [0.29, 0.717) is 5.65 Å². The van der Waals surface area contributed by atoms with E-state index < -0.39 is 0 Å². The van der Waals surface area contributed by atoms with E-state index in [1.807, 2.05) is 45.9 Å². The van der Waals surface area contributed by atoms with Crippen LogP contribution in [0, 0.1) is 27.7 Å². The van der Waals surface area contributed by atoms with E-state index in [0.717, 1.165) is 37.5 Å². The van der Waals surface area contributed by atoms with E-state index in [2.05, 4.69) is 15.4 Å². The quantitative estimate of drug-likeness (QED) is 0.592. The summed E-state index contributed by atoms with van der Waals surface area (Å²) in [5, 5.41) is 8.12. The van der Waals surface area contributed by atoms with Crippen LogP contribution in [0.15, 0.2) is 29.3 Å². The first-order valence-electron chi connectivity index (χ1n) is 8.56. The molecule has 27 heavy (non-hydrogen) atoms. The molecule has 0 unspecified atom stereocenters. The second-order valence-corrected chi connectivity index (χ2v) is 7.91. The molecule has 1 aromatic carbocycles. The van der Waals surface area contributed by atoms with Gasteiger partial charge in [-0.2, -0.15) is 0 Å². The zero-order chi connectivity index (χ0) is 19.3. The van der Waals surface area contributed by atoms with Crippen molar-refractivity contribution in [2.75, 3.05) is 5.32 Å². The number of anilines is 1. The van der Waals surface area contributed by atoms with Crippen LogP contribution in [0.5, 0.6) is 0 Å². The predicted molar refractivity (Wildman–Crippen MR) is 107 cm³/mol. The Morgan fingerprint density at radius 2 is 2.00 bits per heavy atom. The van der Waals surface area contributed by atoms with Crippen LogP contribution in [0.4, 0.5) is 5.69 Å². The van der Waals surface area contributed by atoms with Crippen molar-refractivity contribution in [3.63, 3.8) is 0 Å². The molecule has 3 heterocycles. The Hall–Kier alpha value is -3.00. The molecule has 8 heteroatoms. The fourth-order valence-corrected chi connectivity index (χ4v) is 4.14. The van der Waals surface area contributed by atoms with Crippen molar-refractivity contribution in [3.8, 4) is 0 Å². The molecule has 7 nitrogen and oxygen atoms in total. The SMILES string of the molecule is Cc1ccc(NC(=O)Cn2nc3c4c(C)c(C)sc4ncn3c2=O)c(C)c1. The summed E-state index contributed by atoms with van der Waals surface area (Å²) in [6, 6.07) is 5.79. The number of thiophene rings is 1. The van der Waals surface area contributed by atoms with Crippen molar-refractivity contribution in [2.45, 2.75) is 34.2 Å². The molecule has 0 aliphatic heterocycles. The molecular formula is C19H19N5O2S. The predicted octanol–water partition coefficient (Wildman–Crippen LogP) is 2.98. The average molecular weight is 381 g/mol. The Morgan fingerprint density at radius 3 is 2.74 bits per heavy atom. The van der Waals surface area contributed by atoms with Gasteiger partial charge in [0, 0.05) is 10.6 Å². The lowest BCUT2D eigenvalue weighted by atomic mass is 10.1. The maximum atomic E-state index is 12.6. The van der Waals surface area contributed by atoms with E-state index in [-0.39, 0.29) is 18.1 Å². The van der Waals surface area contributed by atoms with Gasteiger partial charge in [-0.1, -0.05) is 17.7 Å². The lowest BCUT2D eigenvalue weighted by molar-refractivity contribution is -0.117. The van der Waals surface area contributed by atoms with Gasteiger partial charge in [-0.3, -0.25) is 4.79 Å². The van der Waals surface area contributed by atoms with Crippen LogP contribution in [0.2, 0.25) is 0 Å². The topological polar surface area (TPSA) is 81.3 Å². The van der Waals surface area contributed by atoms with E-state index in [4.69, 9.17) is 0 Å². The summed E-state index contributed by atoms with van der Waals surface area (Å²) >= 11 is 1.57. The van der Waals surface area contributed by atoms with Gasteiger partial charge in [-0.05, 0) is 44.9 Å². The highest BCUT2D eigenvalue weighted by molar-refractivity contribution is 7.18. The van der Waals surface area contributed by atoms with Crippen molar-refractivity contribution < 1.29 is 4.79 Å². The van der Waals surface area contributed by atoms with E-state index in [1.54, 1.807) is 11.3 Å². The summed E-state index contributed by atoms with van der Waals surface area (Å²) in [6.07, 6.45) is 1.47. The maximum absolute atomic E-state index is 12.6. The molecule has 0 saturated carbocycles. The highest BCUT2D eigenvalue weighted by atomic mass is 32.1. The highest BCUT2D eigenvalue weighted by Crippen LogP contribution is 2.30. The fourth-order valence-electron chi connectivity index (χ4n) is 3.15. The molecule has 0 atom stereocenters. The molecule has 0 radical (unpaired) electrons. The molecule has 4 aromatic rings. The molecule has 3 aromatic heterocycles. The summed E-state index contributed by atoms with van der Waals surface area (Å²) < 4.78 is 2.58. The summed E-state index contributed by atoms with van der Waals surface area (Å²) in [5.74, 6) is -0.296. The van der Waals surface area contributed by atoms with E-state index in [1.165, 1.54) is 15.4 Å². The molecule has 0 spiro atoms. The van der Waals surface area contributed by atoms with E-state index in [9.17, 15) is 9.59 Å². The van der Waals surface area contributed by atoms with Crippen LogP contribution in [0.3, 0.4) is 0 Å². The monoisotopic (exact) mass is 381 g/mol. The lowest BCUT2D eigenvalue weighted by Crippen LogP contribution is -2.28. The molecule has 0 bridgehead atoms. The molecule has 138 valence electrons. The number of rotatable bonds is 3. The molecule has 0 aliphatic rings. The van der Waals surface area contributed by atoms with Crippen molar-refractivity contribution in [2.24, 2.45) is 0 Å². The average Bonchev–Trinajstić information content (AvgIpc) is 3.08. The van der Waals surface area contributed by atoms with Crippen LogP contribution in [0.1, 0.15) is 21.6 Å². The van der Waals surface area contributed by atoms with Crippen LogP contribution >= 0.6 is 11.3 Å². The second kappa shape index (κ2) is 6.31. The third-order valence-corrected chi connectivity index (χ3v) is 5.82. The van der Waals surface area contributed by atoms with Gasteiger partial charge in [0.25, 0.3) is 0 Å². The number of carbonyl (C=O) groups is 1. The number of aromatic nitrogens is 4. The number of nitrogens with one attached hydrogen (secondary N) is 1. The van der Waals surface area contributed by atoms with Gasteiger partial charge in [-0.15, -0.1) is 16.4 Å². The van der Waals surface area contributed by atoms with Gasteiger partial charge in [0.15, 0.2) is 5.65 Å². The molecule has 0 fully saturated rings. The third-order valence-electron chi connectivity index (χ3n) is 4.70. The van der Waals surface area contributed by atoms with Crippen LogP contribution in [-0.2, 0) is 11.3 Å². The Balaban J connectivity index is 1.69. The summed E-state index contributed by atoms with van der Waals surface area (Å²) in [5.41, 5.74) is 4.05. The van der Waals surface area contributed by atoms with Gasteiger partial charge in [-0.25, -0.2) is 18.9 Å². The van der Waals surface area contributed by atoms with Gasteiger partial charge in [0.1, 0.15) is 17.7 Å². The van der Waals surface area contributed by atoms with Crippen LogP contribution < -0.4 is 11.0 Å². The minimum absolute atomic E-state index is 0.155. The van der Waals surface area contributed by atoms with E-state index >= 15 is 0 Å². The van der Waals surface area contributed by atoms with Crippen molar-refractivity contribution >= 4 is 38.8 Å². The smallest absolute Gasteiger partial charge is 0.324 e. The van der Waals surface area contributed by atoms with Gasteiger partial charge in [0.2, 0.25) is 5.91 Å². The van der Waals surface area contributed by atoms with Crippen molar-refractivity contribution in [1.82, 2.24) is 19.2 Å². The van der Waals surface area contributed by atoms with Crippen LogP contribution in [0.25, 0.3) is 15.9 Å². The summed E-state index contributed by atoms with van der Waals surface area (Å²) in [4.78, 5) is 31.4. The standard InChI is InChI=1S/C19H19N5O2S/c1-10-5-6-14(11(2)7-10)21-15(25)8-24-19(26)23-9-20-18-16(17(23)22-24)12(3)13(4)27-18/h5-7,9H,8H2,1-4H3,(H,21,25). The number of amides is 1. The van der Waals surface area contributed by atoms with Crippen molar-refractivity contribution in [3.05, 3.63) is 56.6 Å². The summed E-state index contributed by atoms with van der Waals surface area (Å²) in [6.45, 7) is 7.79. The molecule has 0 saturated heterocycles. The molecule has 4 rings (SSSR count). The minimum atomic E-state index is -0.376. The highest BCUT2D eigenvalue weighted by Gasteiger charge is 2.17. The number of hydrogen-bond acceptors (Lipinski definition) is 5. The number of benzene rings is 1. The number of nitrogens with zero attached hydrogens (tertiary/aromatic N) is 4. The largest absolute Gasteiger partial charge is 0.352 e. The maximum Gasteiger partial charge on any atom is 0.352 e.